The first-order valence-corrected chi connectivity index (χ1v) is 3.62. The van der Waals surface area contributed by atoms with E-state index in [9.17, 15) is 4.79 Å². The van der Waals surface area contributed by atoms with E-state index in [1.165, 1.54) is 0 Å². The van der Waals surface area contributed by atoms with Gasteiger partial charge in [0, 0.05) is 6.54 Å². The zero-order valence-corrected chi connectivity index (χ0v) is 6.29. The lowest BCUT2D eigenvalue weighted by Crippen LogP contribution is -2.10. The quantitative estimate of drug-likeness (QED) is 0.575. The summed E-state index contributed by atoms with van der Waals surface area (Å²) in [5, 5.41) is 8.68. The summed E-state index contributed by atoms with van der Waals surface area (Å²) < 4.78 is 0. The second-order valence-electron chi connectivity index (χ2n) is 2.66. The van der Waals surface area contributed by atoms with E-state index < -0.39 is 5.97 Å². The number of carboxylic acids is 1. The normalized spacial score (nSPS) is 13.7. The fourth-order valence-corrected chi connectivity index (χ4v) is 1.23. The Morgan fingerprint density at radius 1 is 1.50 bits per heavy atom. The van der Waals surface area contributed by atoms with E-state index in [1.54, 1.807) is 18.2 Å². The average Bonchev–Trinajstić information content (AvgIpc) is 2.49. The summed E-state index contributed by atoms with van der Waals surface area (Å²) in [6.07, 6.45) is 0. The molecule has 0 saturated heterocycles. The minimum atomic E-state index is -0.885. The van der Waals surface area contributed by atoms with E-state index in [-0.39, 0.29) is 0 Å². The van der Waals surface area contributed by atoms with E-state index in [0.29, 0.717) is 12.1 Å². The molecule has 3 N–H and O–H groups in total. The Hall–Kier alpha value is -1.55. The third-order valence-corrected chi connectivity index (χ3v) is 1.85. The maximum atomic E-state index is 10.6. The molecule has 0 aromatic heterocycles. The first-order valence-electron chi connectivity index (χ1n) is 3.62. The fourth-order valence-electron chi connectivity index (χ4n) is 1.23. The Morgan fingerprint density at radius 3 is 3.08 bits per heavy atom. The van der Waals surface area contributed by atoms with E-state index in [1.807, 2.05) is 0 Å². The van der Waals surface area contributed by atoms with Gasteiger partial charge in [0.2, 0.25) is 0 Å². The third-order valence-electron chi connectivity index (χ3n) is 1.85. The van der Waals surface area contributed by atoms with Crippen molar-refractivity contribution in [2.24, 2.45) is 0 Å². The molecule has 4 nitrogen and oxygen atoms in total. The molecule has 4 heteroatoms. The second-order valence-corrected chi connectivity index (χ2v) is 2.66. The van der Waals surface area contributed by atoms with Gasteiger partial charge in [0.25, 0.3) is 0 Å². The molecule has 1 aromatic rings. The van der Waals surface area contributed by atoms with Gasteiger partial charge in [0.05, 0.1) is 11.3 Å². The van der Waals surface area contributed by atoms with Gasteiger partial charge in [-0.2, -0.15) is 0 Å². The lowest BCUT2D eigenvalue weighted by atomic mass is 10.1. The zero-order chi connectivity index (χ0) is 8.55. The van der Waals surface area contributed by atoms with Crippen LogP contribution in [0.5, 0.6) is 0 Å². The second kappa shape index (κ2) is 2.49. The van der Waals surface area contributed by atoms with Crippen molar-refractivity contribution in [2.45, 2.75) is 6.54 Å². The van der Waals surface area contributed by atoms with Crippen LogP contribution in [0.1, 0.15) is 15.9 Å². The van der Waals surface area contributed by atoms with Crippen molar-refractivity contribution in [2.75, 3.05) is 5.43 Å². The molecule has 1 aromatic carbocycles. The van der Waals surface area contributed by atoms with Crippen LogP contribution in [0, 0.1) is 0 Å². The molecule has 0 fully saturated rings. The molecular weight excluding hydrogens is 156 g/mol. The average molecular weight is 164 g/mol. The van der Waals surface area contributed by atoms with Gasteiger partial charge < -0.3 is 10.5 Å². The number of aromatic carboxylic acids is 1. The largest absolute Gasteiger partial charge is 0.478 e. The molecule has 1 aliphatic rings. The summed E-state index contributed by atoms with van der Waals surface area (Å²) in [4.78, 5) is 10.6. The van der Waals surface area contributed by atoms with Crippen LogP contribution in [0.4, 0.5) is 5.69 Å². The number of fused-ring (bicyclic) bond motifs is 1. The van der Waals surface area contributed by atoms with Crippen molar-refractivity contribution in [3.05, 3.63) is 29.3 Å². The van der Waals surface area contributed by atoms with E-state index in [2.05, 4.69) is 10.9 Å². The molecule has 12 heavy (non-hydrogen) atoms. The predicted octanol–water partition coefficient (Wildman–Crippen LogP) is 0.815. The number of carbonyl (C=O) groups is 1. The lowest BCUT2D eigenvalue weighted by molar-refractivity contribution is 0.0697. The Balaban J connectivity index is 2.45. The number of nitrogens with one attached hydrogen (secondary N) is 2. The summed E-state index contributed by atoms with van der Waals surface area (Å²) in [5.41, 5.74) is 8.12. The van der Waals surface area contributed by atoms with Crippen LogP contribution in [-0.2, 0) is 6.54 Å². The summed E-state index contributed by atoms with van der Waals surface area (Å²) in [6, 6.07) is 5.02. The van der Waals surface area contributed by atoms with Crippen molar-refractivity contribution in [3.8, 4) is 0 Å². The van der Waals surface area contributed by atoms with Crippen LogP contribution in [0.15, 0.2) is 18.2 Å². The summed E-state index contributed by atoms with van der Waals surface area (Å²) in [5.74, 6) is -0.885. The molecular formula is C8H8N2O2. The Morgan fingerprint density at radius 2 is 2.33 bits per heavy atom. The van der Waals surface area contributed by atoms with Crippen LogP contribution in [0.25, 0.3) is 0 Å². The van der Waals surface area contributed by atoms with Gasteiger partial charge in [0.1, 0.15) is 0 Å². The highest BCUT2D eigenvalue weighted by Gasteiger charge is 2.11. The molecule has 1 heterocycles. The van der Waals surface area contributed by atoms with Gasteiger partial charge in [0.15, 0.2) is 0 Å². The van der Waals surface area contributed by atoms with Crippen LogP contribution in [0.3, 0.4) is 0 Å². The Kier molecular flexibility index (Phi) is 1.48. The van der Waals surface area contributed by atoms with Crippen molar-refractivity contribution in [3.63, 3.8) is 0 Å². The summed E-state index contributed by atoms with van der Waals surface area (Å²) in [7, 11) is 0. The Bertz CT molecular complexity index is 336. The maximum Gasteiger partial charge on any atom is 0.335 e. The highest BCUT2D eigenvalue weighted by molar-refractivity contribution is 5.88. The van der Waals surface area contributed by atoms with Crippen LogP contribution in [-0.4, -0.2) is 11.1 Å². The highest BCUT2D eigenvalue weighted by atomic mass is 16.4. The number of hydrogen-bond donors (Lipinski definition) is 3. The molecule has 1 aliphatic heterocycles. The molecule has 0 unspecified atom stereocenters. The monoisotopic (exact) mass is 164 g/mol. The van der Waals surface area contributed by atoms with Crippen LogP contribution >= 0.6 is 0 Å². The number of anilines is 1. The summed E-state index contributed by atoms with van der Waals surface area (Å²) >= 11 is 0. The van der Waals surface area contributed by atoms with Gasteiger partial charge >= 0.3 is 5.97 Å². The van der Waals surface area contributed by atoms with Gasteiger partial charge in [-0.25, -0.2) is 10.2 Å². The van der Waals surface area contributed by atoms with Crippen molar-refractivity contribution < 1.29 is 9.90 Å². The number of hydrogen-bond acceptors (Lipinski definition) is 3. The molecule has 62 valence electrons. The van der Waals surface area contributed by atoms with Crippen LogP contribution in [0.2, 0.25) is 0 Å². The topological polar surface area (TPSA) is 61.4 Å². The fraction of sp³-hybridized carbons (Fsp3) is 0.125. The highest BCUT2D eigenvalue weighted by Crippen LogP contribution is 2.20. The van der Waals surface area contributed by atoms with E-state index >= 15 is 0 Å². The first kappa shape index (κ1) is 7.12. The molecule has 0 aliphatic carbocycles. The first-order chi connectivity index (χ1) is 5.77. The summed E-state index contributed by atoms with van der Waals surface area (Å²) in [6.45, 7) is 0.677. The molecule has 0 atom stereocenters. The van der Waals surface area contributed by atoms with E-state index in [4.69, 9.17) is 5.11 Å². The molecule has 2 rings (SSSR count). The van der Waals surface area contributed by atoms with Gasteiger partial charge in [-0.05, 0) is 23.8 Å². The molecule has 0 saturated carbocycles. The number of benzene rings is 1. The minimum absolute atomic E-state index is 0.333. The Labute approximate surface area is 69.2 Å². The minimum Gasteiger partial charge on any atom is -0.478 e. The SMILES string of the molecule is O=C(O)c1ccc2c(c1)CNN2. The molecule has 0 bridgehead atoms. The molecule has 0 spiro atoms. The third kappa shape index (κ3) is 1.02. The number of rotatable bonds is 1. The van der Waals surface area contributed by atoms with Crippen LogP contribution < -0.4 is 10.9 Å². The molecule has 0 radical (unpaired) electrons. The number of carboxylic acid groups (broad SMARTS) is 1. The number of hydrazine groups is 1. The smallest absolute Gasteiger partial charge is 0.335 e. The predicted molar refractivity (Wildman–Crippen MR) is 43.9 cm³/mol. The van der Waals surface area contributed by atoms with Crippen molar-refractivity contribution >= 4 is 11.7 Å². The lowest BCUT2D eigenvalue weighted by Gasteiger charge is -1.98. The van der Waals surface area contributed by atoms with Gasteiger partial charge in [-0.3, -0.25) is 0 Å². The van der Waals surface area contributed by atoms with Gasteiger partial charge in [-0.15, -0.1) is 0 Å². The molecule has 0 amide bonds. The maximum absolute atomic E-state index is 10.6. The standard InChI is InChI=1S/C8H8N2O2/c11-8(12)5-1-2-7-6(3-5)4-9-10-7/h1-3,9-10H,4H2,(H,11,12). The van der Waals surface area contributed by atoms with Crippen molar-refractivity contribution in [1.82, 2.24) is 5.43 Å². The van der Waals surface area contributed by atoms with Gasteiger partial charge in [-0.1, -0.05) is 0 Å². The van der Waals surface area contributed by atoms with E-state index in [0.717, 1.165) is 11.3 Å². The van der Waals surface area contributed by atoms with Crippen molar-refractivity contribution in [1.29, 1.82) is 0 Å². The zero-order valence-electron chi connectivity index (χ0n) is 6.29.